The molecular weight excluding hydrogens is 407 g/mol. The second-order valence-corrected chi connectivity index (χ2v) is 7.74. The molecule has 0 aliphatic carbocycles. The van der Waals surface area contributed by atoms with Gasteiger partial charge in [0.05, 0.1) is 14.2 Å². The molecule has 0 saturated heterocycles. The summed E-state index contributed by atoms with van der Waals surface area (Å²) < 4.78 is 2.02. The maximum Gasteiger partial charge on any atom is 0.0928 e. The molecule has 0 amide bonds. The predicted octanol–water partition coefficient (Wildman–Crippen LogP) is 6.56. The van der Waals surface area contributed by atoms with Crippen LogP contribution in [0.25, 0.3) is 0 Å². The maximum atomic E-state index is 6.46. The monoisotopic (exact) mass is 412 g/mol. The first-order valence-corrected chi connectivity index (χ1v) is 8.05. The highest BCUT2D eigenvalue weighted by atomic mass is 79.9. The Balaban J connectivity index is 2.36. The highest BCUT2D eigenvalue weighted by Crippen LogP contribution is 2.40. The third-order valence-corrected chi connectivity index (χ3v) is 6.43. The maximum absolute atomic E-state index is 6.46. The molecule has 0 bridgehead atoms. The Morgan fingerprint density at radius 3 is 2.47 bits per heavy atom. The Kier molecular flexibility index (Phi) is 4.59. The van der Waals surface area contributed by atoms with Crippen molar-refractivity contribution in [3.05, 3.63) is 53.6 Å². The van der Waals surface area contributed by atoms with Gasteiger partial charge in [0, 0.05) is 9.35 Å². The first kappa shape index (κ1) is 13.9. The van der Waals surface area contributed by atoms with Gasteiger partial charge in [-0.25, -0.2) is 0 Å². The van der Waals surface area contributed by atoms with Gasteiger partial charge in [-0.3, -0.25) is 0 Å². The summed E-state index contributed by atoms with van der Waals surface area (Å²) in [7, 11) is 0. The molecule has 1 unspecified atom stereocenters. The fraction of sp³-hybridized carbons (Fsp3) is 0.167. The predicted molar refractivity (Wildman–Crippen MR) is 83.6 cm³/mol. The number of aryl methyl sites for hydroxylation is 1. The van der Waals surface area contributed by atoms with Crippen LogP contribution in [0.3, 0.4) is 0 Å². The lowest BCUT2D eigenvalue weighted by Crippen LogP contribution is -1.91. The van der Waals surface area contributed by atoms with E-state index in [1.54, 1.807) is 11.3 Å². The Morgan fingerprint density at radius 2 is 1.94 bits per heavy atom. The molecule has 0 N–H and O–H groups in total. The number of thiophene rings is 1. The Morgan fingerprint density at radius 1 is 1.24 bits per heavy atom. The first-order chi connectivity index (χ1) is 7.99. The second-order valence-electron chi connectivity index (χ2n) is 3.64. The quantitative estimate of drug-likeness (QED) is 0.488. The van der Waals surface area contributed by atoms with Crippen molar-refractivity contribution in [1.29, 1.82) is 0 Å². The number of hydrogen-bond donors (Lipinski definition) is 0. The van der Waals surface area contributed by atoms with Gasteiger partial charge in [-0.05, 0) is 46.1 Å². The average molecular weight is 415 g/mol. The van der Waals surface area contributed by atoms with E-state index in [4.69, 9.17) is 23.2 Å². The Labute approximate surface area is 131 Å². The fourth-order valence-electron chi connectivity index (χ4n) is 1.48. The molecule has 17 heavy (non-hydrogen) atoms. The van der Waals surface area contributed by atoms with Crippen molar-refractivity contribution in [3.8, 4) is 0 Å². The van der Waals surface area contributed by atoms with Crippen molar-refractivity contribution in [2.45, 2.75) is 12.3 Å². The molecule has 1 atom stereocenters. The van der Waals surface area contributed by atoms with E-state index < -0.39 is 0 Å². The van der Waals surface area contributed by atoms with Crippen LogP contribution in [0.1, 0.15) is 21.4 Å². The highest BCUT2D eigenvalue weighted by molar-refractivity contribution is 9.11. The van der Waals surface area contributed by atoms with Crippen LogP contribution in [0.15, 0.2) is 32.5 Å². The van der Waals surface area contributed by atoms with Crippen LogP contribution in [0.4, 0.5) is 0 Å². The molecule has 1 aromatic heterocycles. The van der Waals surface area contributed by atoms with Crippen LogP contribution < -0.4 is 0 Å². The van der Waals surface area contributed by atoms with Gasteiger partial charge in [0.1, 0.15) is 0 Å². The second kappa shape index (κ2) is 5.62. The van der Waals surface area contributed by atoms with Gasteiger partial charge in [-0.2, -0.15) is 0 Å². The van der Waals surface area contributed by atoms with Gasteiger partial charge >= 0.3 is 0 Å². The Bertz CT molecular complexity index is 532. The van der Waals surface area contributed by atoms with Crippen LogP contribution in [0.5, 0.6) is 0 Å². The highest BCUT2D eigenvalue weighted by Gasteiger charge is 2.16. The lowest BCUT2D eigenvalue weighted by molar-refractivity contribution is 1.17. The van der Waals surface area contributed by atoms with Gasteiger partial charge in [0.15, 0.2) is 0 Å². The van der Waals surface area contributed by atoms with Crippen molar-refractivity contribution in [3.63, 3.8) is 0 Å². The standard InChI is InChI=1S/C12H8Br2Cl2S/c1-6-4-7(2-3-8(6)13)11(16)10-5-9(15)12(14)17-10/h2-5,11H,1H3. The first-order valence-electron chi connectivity index (χ1n) is 4.84. The number of rotatable bonds is 2. The summed E-state index contributed by atoms with van der Waals surface area (Å²) in [5.41, 5.74) is 2.26. The zero-order chi connectivity index (χ0) is 12.6. The Hall–Kier alpha value is 0.460. The molecule has 0 saturated carbocycles. The molecule has 0 nitrogen and oxygen atoms in total. The van der Waals surface area contributed by atoms with E-state index in [-0.39, 0.29) is 5.38 Å². The normalized spacial score (nSPS) is 12.8. The van der Waals surface area contributed by atoms with E-state index in [1.807, 2.05) is 18.2 Å². The van der Waals surface area contributed by atoms with Crippen molar-refractivity contribution in [2.24, 2.45) is 0 Å². The van der Waals surface area contributed by atoms with Crippen LogP contribution in [0.2, 0.25) is 5.02 Å². The molecule has 0 fully saturated rings. The average Bonchev–Trinajstić information content (AvgIpc) is 2.62. The third-order valence-electron chi connectivity index (χ3n) is 2.39. The summed E-state index contributed by atoms with van der Waals surface area (Å²) in [5.74, 6) is 0. The fourth-order valence-corrected chi connectivity index (χ4v) is 3.81. The van der Waals surface area contributed by atoms with E-state index in [0.717, 1.165) is 18.7 Å². The van der Waals surface area contributed by atoms with Gasteiger partial charge in [-0.15, -0.1) is 22.9 Å². The summed E-state index contributed by atoms with van der Waals surface area (Å²) in [4.78, 5) is 1.05. The molecule has 2 aromatic rings. The van der Waals surface area contributed by atoms with Gasteiger partial charge in [0.25, 0.3) is 0 Å². The largest absolute Gasteiger partial charge is 0.130 e. The van der Waals surface area contributed by atoms with Gasteiger partial charge in [-0.1, -0.05) is 39.7 Å². The smallest absolute Gasteiger partial charge is 0.0928 e. The number of hydrogen-bond acceptors (Lipinski definition) is 1. The number of benzene rings is 1. The van der Waals surface area contributed by atoms with Crippen molar-refractivity contribution >= 4 is 66.4 Å². The molecule has 90 valence electrons. The molecule has 0 radical (unpaired) electrons. The lowest BCUT2D eigenvalue weighted by atomic mass is 10.1. The van der Waals surface area contributed by atoms with Gasteiger partial charge in [0.2, 0.25) is 0 Å². The van der Waals surface area contributed by atoms with E-state index in [9.17, 15) is 0 Å². The number of halogens is 4. The van der Waals surface area contributed by atoms with Crippen molar-refractivity contribution in [1.82, 2.24) is 0 Å². The summed E-state index contributed by atoms with van der Waals surface area (Å²) in [6.07, 6.45) is 0. The summed E-state index contributed by atoms with van der Waals surface area (Å²) in [6, 6.07) is 8.04. The molecule has 1 aromatic carbocycles. The van der Waals surface area contributed by atoms with Crippen LogP contribution >= 0.6 is 66.4 Å². The summed E-state index contributed by atoms with van der Waals surface area (Å²) in [5, 5.41) is 0.556. The molecule has 2 rings (SSSR count). The van der Waals surface area contributed by atoms with Crippen LogP contribution in [0, 0.1) is 6.92 Å². The van der Waals surface area contributed by atoms with Crippen molar-refractivity contribution < 1.29 is 0 Å². The summed E-state index contributed by atoms with van der Waals surface area (Å²) >= 11 is 20.9. The minimum absolute atomic E-state index is 0.157. The molecule has 0 spiro atoms. The van der Waals surface area contributed by atoms with E-state index >= 15 is 0 Å². The van der Waals surface area contributed by atoms with E-state index in [0.29, 0.717) is 5.02 Å². The summed E-state index contributed by atoms with van der Waals surface area (Å²) in [6.45, 7) is 2.05. The number of alkyl halides is 1. The van der Waals surface area contributed by atoms with E-state index in [2.05, 4.69) is 44.8 Å². The molecule has 0 aliphatic heterocycles. The molecule has 5 heteroatoms. The molecule has 1 heterocycles. The topological polar surface area (TPSA) is 0 Å². The molecule has 0 aliphatic rings. The van der Waals surface area contributed by atoms with Gasteiger partial charge < -0.3 is 0 Å². The van der Waals surface area contributed by atoms with Crippen LogP contribution in [-0.2, 0) is 0 Å². The molecular formula is C12H8Br2Cl2S. The minimum Gasteiger partial charge on any atom is -0.130 e. The lowest BCUT2D eigenvalue weighted by Gasteiger charge is -2.09. The third kappa shape index (κ3) is 3.07. The zero-order valence-electron chi connectivity index (χ0n) is 8.81. The van der Waals surface area contributed by atoms with Crippen molar-refractivity contribution in [2.75, 3.05) is 0 Å². The minimum atomic E-state index is -0.157. The zero-order valence-corrected chi connectivity index (χ0v) is 14.3. The van der Waals surface area contributed by atoms with Crippen LogP contribution in [-0.4, -0.2) is 0 Å². The van der Waals surface area contributed by atoms with E-state index in [1.165, 1.54) is 5.56 Å². The SMILES string of the molecule is Cc1cc(C(Cl)c2cc(Cl)c(Br)s2)ccc1Br.